The monoisotopic (exact) mass is 415 g/mol. The van der Waals surface area contributed by atoms with Crippen LogP contribution in [-0.4, -0.2) is 25.2 Å². The largest absolute Gasteiger partial charge is 0.370 e. The molecule has 4 nitrogen and oxygen atoms in total. The van der Waals surface area contributed by atoms with Crippen LogP contribution in [-0.2, 0) is 4.74 Å². The molecule has 1 heterocycles. The number of rotatable bonds is 5. The molecule has 1 aliphatic heterocycles. The van der Waals surface area contributed by atoms with E-state index >= 15 is 0 Å². The van der Waals surface area contributed by atoms with Crippen LogP contribution in [0, 0.1) is 5.92 Å². The molecule has 0 spiro atoms. The third-order valence-electron chi connectivity index (χ3n) is 4.53. The molecule has 2 atom stereocenters. The molecule has 0 amide bonds. The Bertz CT molecular complexity index is 476. The van der Waals surface area contributed by atoms with Crippen LogP contribution >= 0.6 is 24.0 Å². The summed E-state index contributed by atoms with van der Waals surface area (Å²) in [5.41, 5.74) is 7.18. The highest BCUT2D eigenvalue weighted by atomic mass is 127. The highest BCUT2D eigenvalue weighted by molar-refractivity contribution is 14.0. The number of benzene rings is 1. The smallest absolute Gasteiger partial charge is 0.188 e. The molecular weight excluding hydrogens is 389 g/mol. The van der Waals surface area contributed by atoms with Crippen LogP contribution in [0.5, 0.6) is 0 Å². The molecule has 5 heteroatoms. The first-order valence-electron chi connectivity index (χ1n) is 8.05. The molecule has 0 unspecified atom stereocenters. The van der Waals surface area contributed by atoms with Gasteiger partial charge in [-0.15, -0.1) is 24.0 Å². The Morgan fingerprint density at radius 2 is 1.95 bits per heavy atom. The van der Waals surface area contributed by atoms with E-state index in [9.17, 15) is 0 Å². The minimum absolute atomic E-state index is 0. The number of aliphatic imine (C=N–C) groups is 1. The number of nitrogens with one attached hydrogen (secondary N) is 1. The zero-order valence-corrected chi connectivity index (χ0v) is 15.2. The zero-order chi connectivity index (χ0) is 14.5. The predicted molar refractivity (Wildman–Crippen MR) is 101 cm³/mol. The maximum Gasteiger partial charge on any atom is 0.188 e. The van der Waals surface area contributed by atoms with Gasteiger partial charge in [0.15, 0.2) is 5.96 Å². The lowest BCUT2D eigenvalue weighted by Gasteiger charge is -2.23. The molecular formula is C17H26IN3O. The van der Waals surface area contributed by atoms with Gasteiger partial charge in [0.2, 0.25) is 0 Å². The number of hydrogen-bond acceptors (Lipinski definition) is 2. The van der Waals surface area contributed by atoms with Crippen LogP contribution in [0.2, 0.25) is 0 Å². The molecule has 3 rings (SSSR count). The standard InChI is InChI=1S/C17H25N3O.HI/c18-17(19-11-13-5-4-6-13)20-12-15-9-10-16(21-15)14-7-2-1-3-8-14;/h1-3,7-8,13,15-16H,4-6,9-12H2,(H3,18,19,20);1H/t15-,16-;/m1./s1. The average molecular weight is 415 g/mol. The number of guanidine groups is 1. The lowest BCUT2D eigenvalue weighted by atomic mass is 9.86. The van der Waals surface area contributed by atoms with Gasteiger partial charge in [-0.1, -0.05) is 36.8 Å². The van der Waals surface area contributed by atoms with Crippen molar-refractivity contribution < 1.29 is 4.74 Å². The fourth-order valence-electron chi connectivity index (χ4n) is 2.95. The maximum absolute atomic E-state index is 6.08. The Labute approximate surface area is 149 Å². The predicted octanol–water partition coefficient (Wildman–Crippen LogP) is 3.23. The third-order valence-corrected chi connectivity index (χ3v) is 4.53. The molecule has 122 valence electrons. The Hall–Kier alpha value is -0.820. The summed E-state index contributed by atoms with van der Waals surface area (Å²) in [6.45, 7) is 1.63. The van der Waals surface area contributed by atoms with Crippen LogP contribution in [0.15, 0.2) is 35.3 Å². The number of hydrogen-bond donors (Lipinski definition) is 2. The van der Waals surface area contributed by atoms with E-state index in [-0.39, 0.29) is 36.2 Å². The minimum atomic E-state index is 0. The molecule has 1 aliphatic carbocycles. The lowest BCUT2D eigenvalue weighted by Crippen LogP contribution is -2.37. The summed E-state index contributed by atoms with van der Waals surface area (Å²) in [7, 11) is 0. The SMILES string of the molecule is I.NC(=NCC1CCC1)NC[C@H]1CC[C@H](c2ccccc2)O1. The van der Waals surface area contributed by atoms with Crippen molar-refractivity contribution in [2.75, 3.05) is 13.1 Å². The minimum Gasteiger partial charge on any atom is -0.370 e. The number of ether oxygens (including phenoxy) is 1. The molecule has 22 heavy (non-hydrogen) atoms. The molecule has 1 saturated carbocycles. The van der Waals surface area contributed by atoms with E-state index < -0.39 is 0 Å². The fraction of sp³-hybridized carbons (Fsp3) is 0.588. The second-order valence-corrected chi connectivity index (χ2v) is 6.14. The van der Waals surface area contributed by atoms with Crippen molar-refractivity contribution >= 4 is 29.9 Å². The Morgan fingerprint density at radius 1 is 1.18 bits per heavy atom. The van der Waals surface area contributed by atoms with Crippen molar-refractivity contribution in [1.29, 1.82) is 0 Å². The number of halogens is 1. The first-order valence-corrected chi connectivity index (χ1v) is 8.05. The van der Waals surface area contributed by atoms with Gasteiger partial charge in [-0.3, -0.25) is 4.99 Å². The molecule has 2 fully saturated rings. The Balaban J connectivity index is 0.00000176. The van der Waals surface area contributed by atoms with E-state index in [1.807, 2.05) is 6.07 Å². The Morgan fingerprint density at radius 3 is 2.64 bits per heavy atom. The summed E-state index contributed by atoms with van der Waals surface area (Å²) in [6.07, 6.45) is 6.57. The highest BCUT2D eigenvalue weighted by Crippen LogP contribution is 2.32. The molecule has 0 aromatic heterocycles. The number of nitrogens with two attached hydrogens (primary N) is 1. The van der Waals surface area contributed by atoms with Gasteiger partial charge in [-0.2, -0.15) is 0 Å². The third kappa shape index (κ3) is 4.84. The van der Waals surface area contributed by atoms with Gasteiger partial charge in [0, 0.05) is 13.1 Å². The van der Waals surface area contributed by atoms with E-state index in [2.05, 4.69) is 34.6 Å². The lowest BCUT2D eigenvalue weighted by molar-refractivity contribution is 0.0474. The average Bonchev–Trinajstić information content (AvgIpc) is 2.93. The van der Waals surface area contributed by atoms with Gasteiger partial charge in [0.25, 0.3) is 0 Å². The second-order valence-electron chi connectivity index (χ2n) is 6.14. The van der Waals surface area contributed by atoms with Gasteiger partial charge >= 0.3 is 0 Å². The van der Waals surface area contributed by atoms with E-state index in [0.29, 0.717) is 5.96 Å². The summed E-state index contributed by atoms with van der Waals surface area (Å²) in [4.78, 5) is 4.41. The second kappa shape index (κ2) is 8.72. The first kappa shape index (κ1) is 17.5. The first-order chi connectivity index (χ1) is 10.3. The van der Waals surface area contributed by atoms with Crippen LogP contribution < -0.4 is 11.1 Å². The molecule has 2 aliphatic rings. The molecule has 1 aromatic carbocycles. The molecule has 1 saturated heterocycles. The van der Waals surface area contributed by atoms with E-state index in [4.69, 9.17) is 10.5 Å². The van der Waals surface area contributed by atoms with Gasteiger partial charge in [0.05, 0.1) is 12.2 Å². The molecule has 1 aromatic rings. The van der Waals surface area contributed by atoms with E-state index in [1.165, 1.54) is 24.8 Å². The summed E-state index contributed by atoms with van der Waals surface area (Å²) in [5.74, 6) is 1.32. The summed E-state index contributed by atoms with van der Waals surface area (Å²) in [6, 6.07) is 10.4. The zero-order valence-electron chi connectivity index (χ0n) is 12.9. The van der Waals surface area contributed by atoms with Gasteiger partial charge in [-0.05, 0) is 37.2 Å². The maximum atomic E-state index is 6.08. The van der Waals surface area contributed by atoms with Gasteiger partial charge in [0.1, 0.15) is 0 Å². The van der Waals surface area contributed by atoms with Crippen LogP contribution in [0.1, 0.15) is 43.8 Å². The van der Waals surface area contributed by atoms with Crippen LogP contribution in [0.4, 0.5) is 0 Å². The topological polar surface area (TPSA) is 59.6 Å². The molecule has 0 radical (unpaired) electrons. The van der Waals surface area contributed by atoms with Crippen LogP contribution in [0.25, 0.3) is 0 Å². The van der Waals surface area contributed by atoms with Crippen molar-refractivity contribution in [1.82, 2.24) is 5.32 Å². The quantitative estimate of drug-likeness (QED) is 0.441. The summed E-state index contributed by atoms with van der Waals surface area (Å²) >= 11 is 0. The van der Waals surface area contributed by atoms with Crippen molar-refractivity contribution in [3.63, 3.8) is 0 Å². The van der Waals surface area contributed by atoms with Crippen molar-refractivity contribution in [2.24, 2.45) is 16.6 Å². The normalized spacial score (nSPS) is 25.4. The summed E-state index contributed by atoms with van der Waals surface area (Å²) in [5, 5.41) is 3.20. The fourth-order valence-corrected chi connectivity index (χ4v) is 2.95. The number of nitrogens with zero attached hydrogens (tertiary/aromatic N) is 1. The van der Waals surface area contributed by atoms with Crippen molar-refractivity contribution in [2.45, 2.75) is 44.3 Å². The van der Waals surface area contributed by atoms with Gasteiger partial charge < -0.3 is 15.8 Å². The van der Waals surface area contributed by atoms with Crippen molar-refractivity contribution in [3.05, 3.63) is 35.9 Å². The van der Waals surface area contributed by atoms with E-state index in [0.717, 1.165) is 31.8 Å². The van der Waals surface area contributed by atoms with Gasteiger partial charge in [-0.25, -0.2) is 0 Å². The molecule has 0 bridgehead atoms. The van der Waals surface area contributed by atoms with Crippen LogP contribution in [0.3, 0.4) is 0 Å². The molecule has 3 N–H and O–H groups in total. The Kier molecular flexibility index (Phi) is 6.95. The van der Waals surface area contributed by atoms with Crippen molar-refractivity contribution in [3.8, 4) is 0 Å². The summed E-state index contributed by atoms with van der Waals surface area (Å²) < 4.78 is 6.08. The van der Waals surface area contributed by atoms with E-state index in [1.54, 1.807) is 0 Å². The highest BCUT2D eigenvalue weighted by Gasteiger charge is 2.26.